The highest BCUT2D eigenvalue weighted by Crippen LogP contribution is 2.31. The Balaban J connectivity index is 1.71. The van der Waals surface area contributed by atoms with Crippen molar-refractivity contribution < 1.29 is 9.47 Å². The van der Waals surface area contributed by atoms with Crippen molar-refractivity contribution in [1.29, 1.82) is 0 Å². The van der Waals surface area contributed by atoms with Crippen LogP contribution in [-0.2, 0) is 0 Å². The number of imidazole rings is 1. The van der Waals surface area contributed by atoms with Crippen LogP contribution in [0.15, 0.2) is 36.7 Å². The summed E-state index contributed by atoms with van der Waals surface area (Å²) in [6.07, 6.45) is 8.75. The molecule has 4 rings (SSSR count). The molecule has 3 aromatic heterocycles. The number of rotatable bonds is 5. The molecule has 3 aromatic rings. The number of pyridine rings is 2. The molecule has 1 aliphatic rings. The molecule has 130 valence electrons. The molecule has 0 atom stereocenters. The number of nitrogens with one attached hydrogen (secondary N) is 1. The molecular weight excluding hydrogens is 316 g/mol. The molecule has 6 nitrogen and oxygen atoms in total. The van der Waals surface area contributed by atoms with Gasteiger partial charge in [-0.05, 0) is 25.0 Å². The van der Waals surface area contributed by atoms with Gasteiger partial charge in [0, 0.05) is 12.1 Å². The molecule has 3 heterocycles. The topological polar surface area (TPSA) is 60.7 Å². The Morgan fingerprint density at radius 2 is 1.92 bits per heavy atom. The molecule has 0 bridgehead atoms. The highest BCUT2D eigenvalue weighted by atomic mass is 16.5. The minimum atomic E-state index is 0.536. The van der Waals surface area contributed by atoms with Crippen molar-refractivity contribution in [1.82, 2.24) is 14.4 Å². The van der Waals surface area contributed by atoms with E-state index in [0.29, 0.717) is 17.5 Å². The fourth-order valence-electron chi connectivity index (χ4n) is 3.43. The normalized spacial score (nSPS) is 14.8. The molecular formula is C19H22N4O2. The van der Waals surface area contributed by atoms with E-state index >= 15 is 0 Å². The van der Waals surface area contributed by atoms with Crippen LogP contribution in [0.5, 0.6) is 11.5 Å². The largest absolute Gasteiger partial charge is 0.493 e. The van der Waals surface area contributed by atoms with Gasteiger partial charge in [-0.2, -0.15) is 0 Å². The van der Waals surface area contributed by atoms with Crippen molar-refractivity contribution in [3.05, 3.63) is 36.7 Å². The summed E-state index contributed by atoms with van der Waals surface area (Å²) in [7, 11) is 3.25. The minimum Gasteiger partial charge on any atom is -0.493 e. The zero-order valence-corrected chi connectivity index (χ0v) is 14.5. The molecule has 0 unspecified atom stereocenters. The number of ether oxygens (including phenoxy) is 2. The van der Waals surface area contributed by atoms with Gasteiger partial charge in [0.2, 0.25) is 0 Å². The van der Waals surface area contributed by atoms with Crippen LogP contribution in [0, 0.1) is 0 Å². The maximum atomic E-state index is 5.41. The lowest BCUT2D eigenvalue weighted by Gasteiger charge is -2.13. The van der Waals surface area contributed by atoms with Crippen LogP contribution in [0.25, 0.3) is 17.0 Å². The quantitative estimate of drug-likeness (QED) is 0.767. The average Bonchev–Trinajstić information content (AvgIpc) is 3.29. The molecule has 6 heteroatoms. The minimum absolute atomic E-state index is 0.536. The number of nitrogens with zero attached hydrogens (tertiary/aromatic N) is 3. The SMILES string of the molecule is COc1cc2ncc(-c3cccc(NC4CCCC4)n3)n2cc1OC. The van der Waals surface area contributed by atoms with Crippen LogP contribution in [0.1, 0.15) is 25.7 Å². The van der Waals surface area contributed by atoms with Crippen LogP contribution in [-0.4, -0.2) is 34.6 Å². The molecule has 0 radical (unpaired) electrons. The van der Waals surface area contributed by atoms with Gasteiger partial charge in [-0.25, -0.2) is 9.97 Å². The second-order valence-corrected chi connectivity index (χ2v) is 6.32. The number of hydrogen-bond donors (Lipinski definition) is 1. The third-order valence-corrected chi connectivity index (χ3v) is 4.73. The highest BCUT2D eigenvalue weighted by Gasteiger charge is 2.16. The zero-order chi connectivity index (χ0) is 17.2. The Morgan fingerprint density at radius 3 is 2.68 bits per heavy atom. The van der Waals surface area contributed by atoms with Crippen molar-refractivity contribution in [3.8, 4) is 22.9 Å². The maximum Gasteiger partial charge on any atom is 0.177 e. The standard InChI is InChI=1S/C19H22N4O2/c1-24-16-10-19-20-11-15(23(19)12-17(16)25-2)14-8-5-9-18(22-14)21-13-6-3-4-7-13/h5,8-13H,3-4,6-7H2,1-2H3,(H,21,22). The van der Waals surface area contributed by atoms with Gasteiger partial charge in [0.05, 0.1) is 38.0 Å². The molecule has 0 spiro atoms. The van der Waals surface area contributed by atoms with E-state index < -0.39 is 0 Å². The predicted molar refractivity (Wildman–Crippen MR) is 97.4 cm³/mol. The van der Waals surface area contributed by atoms with Crippen molar-refractivity contribution in [3.63, 3.8) is 0 Å². The summed E-state index contributed by atoms with van der Waals surface area (Å²) in [5.74, 6) is 2.24. The van der Waals surface area contributed by atoms with Crippen LogP contribution in [0.3, 0.4) is 0 Å². The number of methoxy groups -OCH3 is 2. The fourth-order valence-corrected chi connectivity index (χ4v) is 3.43. The molecule has 1 N–H and O–H groups in total. The first-order valence-electron chi connectivity index (χ1n) is 8.61. The van der Waals surface area contributed by atoms with Gasteiger partial charge < -0.3 is 14.8 Å². The summed E-state index contributed by atoms with van der Waals surface area (Å²) in [4.78, 5) is 9.26. The van der Waals surface area contributed by atoms with E-state index in [1.54, 1.807) is 14.2 Å². The summed E-state index contributed by atoms with van der Waals surface area (Å²) in [6, 6.07) is 8.45. The molecule has 0 amide bonds. The lowest BCUT2D eigenvalue weighted by Crippen LogP contribution is -2.15. The third-order valence-electron chi connectivity index (χ3n) is 4.73. The van der Waals surface area contributed by atoms with Gasteiger partial charge in [0.25, 0.3) is 0 Å². The number of anilines is 1. The van der Waals surface area contributed by atoms with Gasteiger partial charge in [0.15, 0.2) is 11.5 Å². The Labute approximate surface area is 146 Å². The first-order chi connectivity index (χ1) is 12.3. The van der Waals surface area contributed by atoms with E-state index in [9.17, 15) is 0 Å². The van der Waals surface area contributed by atoms with Crippen molar-refractivity contribution in [2.45, 2.75) is 31.7 Å². The van der Waals surface area contributed by atoms with Gasteiger partial charge >= 0.3 is 0 Å². The lowest BCUT2D eigenvalue weighted by molar-refractivity contribution is 0.353. The maximum absolute atomic E-state index is 5.41. The van der Waals surface area contributed by atoms with Gasteiger partial charge in [-0.3, -0.25) is 4.40 Å². The molecule has 1 fully saturated rings. The summed E-state index contributed by atoms with van der Waals surface area (Å²) in [5, 5.41) is 3.55. The van der Waals surface area contributed by atoms with Crippen molar-refractivity contribution in [2.75, 3.05) is 19.5 Å². The van der Waals surface area contributed by atoms with Crippen LogP contribution in [0.2, 0.25) is 0 Å². The van der Waals surface area contributed by atoms with Crippen LogP contribution < -0.4 is 14.8 Å². The third kappa shape index (κ3) is 2.99. The lowest BCUT2D eigenvalue weighted by atomic mass is 10.2. The van der Waals surface area contributed by atoms with Gasteiger partial charge in [-0.15, -0.1) is 0 Å². The van der Waals surface area contributed by atoms with E-state index in [1.165, 1.54) is 25.7 Å². The molecule has 0 aliphatic heterocycles. The zero-order valence-electron chi connectivity index (χ0n) is 14.5. The van der Waals surface area contributed by atoms with Crippen molar-refractivity contribution in [2.24, 2.45) is 0 Å². The second-order valence-electron chi connectivity index (χ2n) is 6.32. The fraction of sp³-hybridized carbons (Fsp3) is 0.368. The van der Waals surface area contributed by atoms with E-state index in [4.69, 9.17) is 14.5 Å². The summed E-state index contributed by atoms with van der Waals surface area (Å²) in [5.41, 5.74) is 2.59. The number of hydrogen-bond acceptors (Lipinski definition) is 5. The summed E-state index contributed by atoms with van der Waals surface area (Å²) < 4.78 is 12.7. The number of aromatic nitrogens is 3. The molecule has 1 saturated carbocycles. The molecule has 1 aliphatic carbocycles. The van der Waals surface area contributed by atoms with Crippen LogP contribution in [0.4, 0.5) is 5.82 Å². The van der Waals surface area contributed by atoms with Gasteiger partial charge in [-0.1, -0.05) is 18.9 Å². The van der Waals surface area contributed by atoms with Crippen molar-refractivity contribution >= 4 is 11.5 Å². The Morgan fingerprint density at radius 1 is 1.12 bits per heavy atom. The van der Waals surface area contributed by atoms with E-state index in [-0.39, 0.29) is 0 Å². The molecule has 0 saturated heterocycles. The summed E-state index contributed by atoms with van der Waals surface area (Å²) in [6.45, 7) is 0. The van der Waals surface area contributed by atoms with E-state index in [2.05, 4.69) is 10.3 Å². The Hall–Kier alpha value is -2.76. The smallest absolute Gasteiger partial charge is 0.177 e. The summed E-state index contributed by atoms with van der Waals surface area (Å²) >= 11 is 0. The van der Waals surface area contributed by atoms with E-state index in [1.807, 2.05) is 41.1 Å². The predicted octanol–water partition coefficient (Wildman–Crippen LogP) is 3.77. The number of fused-ring (bicyclic) bond motifs is 1. The molecule has 25 heavy (non-hydrogen) atoms. The van der Waals surface area contributed by atoms with E-state index in [0.717, 1.165) is 22.9 Å². The monoisotopic (exact) mass is 338 g/mol. The van der Waals surface area contributed by atoms with Gasteiger partial charge in [0.1, 0.15) is 11.5 Å². The Kier molecular flexibility index (Phi) is 4.17. The van der Waals surface area contributed by atoms with Crippen LogP contribution >= 0.6 is 0 Å². The highest BCUT2D eigenvalue weighted by molar-refractivity contribution is 5.64. The first-order valence-corrected chi connectivity index (χ1v) is 8.61. The average molecular weight is 338 g/mol. The second kappa shape index (κ2) is 6.63. The Bertz CT molecular complexity index is 884. The molecule has 0 aromatic carbocycles. The first kappa shape index (κ1) is 15.7.